The molecule has 0 radical (unpaired) electrons. The van der Waals surface area contributed by atoms with Crippen molar-refractivity contribution < 1.29 is 9.18 Å². The fraction of sp³-hybridized carbons (Fsp3) is 0.533. The minimum atomic E-state index is -0.364. The third kappa shape index (κ3) is 5.31. The first kappa shape index (κ1) is 16.2. The average molecular weight is 330 g/mol. The Bertz CT molecular complexity index is 478. The van der Waals surface area contributed by atoms with Crippen LogP contribution in [-0.2, 0) is 0 Å². The van der Waals surface area contributed by atoms with Gasteiger partial charge in [-0.05, 0) is 59.8 Å². The predicted molar refractivity (Wildman–Crippen MR) is 79.7 cm³/mol. The minimum Gasteiger partial charge on any atom is -0.347 e. The van der Waals surface area contributed by atoms with E-state index in [0.29, 0.717) is 10.0 Å². The van der Waals surface area contributed by atoms with Crippen molar-refractivity contribution >= 4 is 21.8 Å². The molecule has 4 heteroatoms. The predicted octanol–water partition coefficient (Wildman–Crippen LogP) is 4.53. The Morgan fingerprint density at radius 1 is 1.26 bits per heavy atom. The quantitative estimate of drug-likeness (QED) is 0.867. The lowest BCUT2D eigenvalue weighted by Crippen LogP contribution is -2.45. The van der Waals surface area contributed by atoms with Crippen LogP contribution in [-0.4, -0.2) is 11.4 Å². The summed E-state index contributed by atoms with van der Waals surface area (Å²) in [4.78, 5) is 12.2. The molecule has 106 valence electrons. The highest BCUT2D eigenvalue weighted by Crippen LogP contribution is 2.27. The summed E-state index contributed by atoms with van der Waals surface area (Å²) < 4.78 is 13.5. The summed E-state index contributed by atoms with van der Waals surface area (Å²) in [7, 11) is 0. The van der Waals surface area contributed by atoms with E-state index in [4.69, 9.17) is 0 Å². The second kappa shape index (κ2) is 5.61. The first-order chi connectivity index (χ1) is 8.50. The number of hydrogen-bond donors (Lipinski definition) is 1. The van der Waals surface area contributed by atoms with Gasteiger partial charge in [-0.2, -0.15) is 0 Å². The standard InChI is InChI=1S/C15H21BrFNO/c1-14(2,3)9-15(4,5)18-13(19)11-7-6-10(17)8-12(11)16/h6-8H,9H2,1-5H3,(H,18,19). The molecule has 1 amide bonds. The molecule has 0 heterocycles. The fourth-order valence-corrected chi connectivity index (χ4v) is 2.95. The molecule has 0 aromatic heterocycles. The molecule has 2 nitrogen and oxygen atoms in total. The zero-order valence-corrected chi connectivity index (χ0v) is 13.7. The van der Waals surface area contributed by atoms with E-state index in [1.807, 2.05) is 13.8 Å². The van der Waals surface area contributed by atoms with Gasteiger partial charge in [-0.1, -0.05) is 20.8 Å². The van der Waals surface area contributed by atoms with Crippen molar-refractivity contribution in [2.45, 2.75) is 46.6 Å². The lowest BCUT2D eigenvalue weighted by Gasteiger charge is -2.33. The van der Waals surface area contributed by atoms with Gasteiger partial charge in [0.15, 0.2) is 0 Å². The normalized spacial score (nSPS) is 12.4. The van der Waals surface area contributed by atoms with Crippen LogP contribution in [0.4, 0.5) is 4.39 Å². The second-order valence-corrected chi connectivity index (χ2v) is 7.55. The van der Waals surface area contributed by atoms with Crippen LogP contribution in [0.5, 0.6) is 0 Å². The van der Waals surface area contributed by atoms with Crippen molar-refractivity contribution in [3.8, 4) is 0 Å². The lowest BCUT2D eigenvalue weighted by molar-refractivity contribution is 0.0890. The van der Waals surface area contributed by atoms with Crippen LogP contribution in [0.15, 0.2) is 22.7 Å². The van der Waals surface area contributed by atoms with Crippen LogP contribution in [0.2, 0.25) is 0 Å². The molecule has 1 N–H and O–H groups in total. The monoisotopic (exact) mass is 329 g/mol. The minimum absolute atomic E-state index is 0.122. The van der Waals surface area contributed by atoms with Crippen LogP contribution in [0.1, 0.15) is 51.4 Å². The van der Waals surface area contributed by atoms with Crippen molar-refractivity contribution in [3.05, 3.63) is 34.1 Å². The number of halogens is 2. The molecule has 1 aromatic carbocycles. The summed E-state index contributed by atoms with van der Waals surface area (Å²) >= 11 is 3.22. The SMILES string of the molecule is CC(C)(C)CC(C)(C)NC(=O)c1ccc(F)cc1Br. The maximum absolute atomic E-state index is 13.0. The largest absolute Gasteiger partial charge is 0.347 e. The molecule has 0 bridgehead atoms. The lowest BCUT2D eigenvalue weighted by atomic mass is 9.81. The third-order valence-corrected chi connectivity index (χ3v) is 3.26. The van der Waals surface area contributed by atoms with Crippen molar-refractivity contribution in [1.82, 2.24) is 5.32 Å². The number of nitrogens with one attached hydrogen (secondary N) is 1. The third-order valence-electron chi connectivity index (χ3n) is 2.60. The number of rotatable bonds is 3. The summed E-state index contributed by atoms with van der Waals surface area (Å²) in [5, 5.41) is 3.00. The molecule has 0 aliphatic rings. The topological polar surface area (TPSA) is 29.1 Å². The average Bonchev–Trinajstić information content (AvgIpc) is 2.11. The van der Waals surface area contributed by atoms with Crippen molar-refractivity contribution in [1.29, 1.82) is 0 Å². The van der Waals surface area contributed by atoms with E-state index in [0.717, 1.165) is 6.42 Å². The van der Waals surface area contributed by atoms with Gasteiger partial charge in [0.2, 0.25) is 0 Å². The van der Waals surface area contributed by atoms with Crippen LogP contribution in [0, 0.1) is 11.2 Å². The Hall–Kier alpha value is -0.900. The summed E-state index contributed by atoms with van der Waals surface area (Å²) in [6.07, 6.45) is 0.852. The molecule has 19 heavy (non-hydrogen) atoms. The molecular weight excluding hydrogens is 309 g/mol. The van der Waals surface area contributed by atoms with Gasteiger partial charge in [0.1, 0.15) is 5.82 Å². The van der Waals surface area contributed by atoms with Gasteiger partial charge in [-0.15, -0.1) is 0 Å². The van der Waals surface area contributed by atoms with Crippen LogP contribution in [0.25, 0.3) is 0 Å². The highest BCUT2D eigenvalue weighted by atomic mass is 79.9. The van der Waals surface area contributed by atoms with E-state index in [1.54, 1.807) is 0 Å². The van der Waals surface area contributed by atoms with E-state index >= 15 is 0 Å². The maximum Gasteiger partial charge on any atom is 0.252 e. The molecule has 1 rings (SSSR count). The zero-order valence-electron chi connectivity index (χ0n) is 12.1. The summed E-state index contributed by atoms with van der Waals surface area (Å²) in [6.45, 7) is 10.4. The zero-order chi connectivity index (χ0) is 14.8. The Morgan fingerprint density at radius 2 is 1.84 bits per heavy atom. The van der Waals surface area contributed by atoms with Gasteiger partial charge in [0.05, 0.1) is 5.56 Å². The van der Waals surface area contributed by atoms with E-state index in [1.165, 1.54) is 18.2 Å². The molecule has 0 fully saturated rings. The van der Waals surface area contributed by atoms with Crippen LogP contribution in [0.3, 0.4) is 0 Å². The van der Waals surface area contributed by atoms with Crippen molar-refractivity contribution in [3.63, 3.8) is 0 Å². The summed E-state index contributed by atoms with van der Waals surface area (Å²) in [6, 6.07) is 4.07. The Balaban J connectivity index is 2.84. The van der Waals surface area contributed by atoms with Gasteiger partial charge in [-0.25, -0.2) is 4.39 Å². The number of carbonyl (C=O) groups excluding carboxylic acids is 1. The van der Waals surface area contributed by atoms with Gasteiger partial charge in [0, 0.05) is 10.0 Å². The Kier molecular flexibility index (Phi) is 4.77. The van der Waals surface area contributed by atoms with Gasteiger partial charge < -0.3 is 5.32 Å². The highest BCUT2D eigenvalue weighted by molar-refractivity contribution is 9.10. The molecule has 0 unspecified atom stereocenters. The first-order valence-corrected chi connectivity index (χ1v) is 7.07. The van der Waals surface area contributed by atoms with Crippen LogP contribution < -0.4 is 5.32 Å². The van der Waals surface area contributed by atoms with E-state index < -0.39 is 0 Å². The smallest absolute Gasteiger partial charge is 0.252 e. The van der Waals surface area contributed by atoms with E-state index in [-0.39, 0.29) is 22.7 Å². The second-order valence-electron chi connectivity index (χ2n) is 6.70. The number of carbonyl (C=O) groups is 1. The van der Waals surface area contributed by atoms with E-state index in [9.17, 15) is 9.18 Å². The Morgan fingerprint density at radius 3 is 2.32 bits per heavy atom. The Labute approximate surface area is 122 Å². The van der Waals surface area contributed by atoms with Crippen molar-refractivity contribution in [2.24, 2.45) is 5.41 Å². The first-order valence-electron chi connectivity index (χ1n) is 6.28. The number of benzene rings is 1. The molecule has 0 aliphatic heterocycles. The summed E-state index contributed by atoms with van der Waals surface area (Å²) in [5.41, 5.74) is 0.253. The molecule has 0 aliphatic carbocycles. The maximum atomic E-state index is 13.0. The fourth-order valence-electron chi connectivity index (χ4n) is 2.42. The number of hydrogen-bond acceptors (Lipinski definition) is 1. The molecule has 0 saturated heterocycles. The highest BCUT2D eigenvalue weighted by Gasteiger charge is 2.27. The molecule has 0 spiro atoms. The summed E-state index contributed by atoms with van der Waals surface area (Å²) in [5.74, 6) is -0.557. The van der Waals surface area contributed by atoms with Gasteiger partial charge >= 0.3 is 0 Å². The molecular formula is C15H21BrFNO. The van der Waals surface area contributed by atoms with Gasteiger partial charge in [0.25, 0.3) is 5.91 Å². The molecule has 0 saturated carbocycles. The van der Waals surface area contributed by atoms with Gasteiger partial charge in [-0.3, -0.25) is 4.79 Å². The van der Waals surface area contributed by atoms with Crippen molar-refractivity contribution in [2.75, 3.05) is 0 Å². The molecule has 1 aromatic rings. The van der Waals surface area contributed by atoms with E-state index in [2.05, 4.69) is 42.0 Å². The van der Waals surface area contributed by atoms with Crippen LogP contribution >= 0.6 is 15.9 Å². The molecule has 0 atom stereocenters. The number of amides is 1.